The Hall–Kier alpha value is -5.73. The van der Waals surface area contributed by atoms with Gasteiger partial charge in [0, 0.05) is 13.1 Å². The van der Waals surface area contributed by atoms with Crippen LogP contribution in [0.4, 0.5) is 0 Å². The zero-order valence-corrected chi connectivity index (χ0v) is 31.4. The molecule has 0 aliphatic heterocycles. The summed E-state index contributed by atoms with van der Waals surface area (Å²) in [6.45, 7) is 7.63. The standard InChI is InChI=1S/C40H47N5O9/c1-6-51-37(46)24-44(25-38(47)52-7-2)22-30-12-10-14-33(41-30)35-20-29(28-16-18-32(50-5)19-17-28)21-36(43-35)34-15-11-13-31(42-34)23-45(26-39(48)53-8-3)27-40(49)54-9-4/h10-21H,6-9,22-27H2,1-5H3. The van der Waals surface area contributed by atoms with Crippen LogP contribution in [0.15, 0.2) is 72.8 Å². The largest absolute Gasteiger partial charge is 0.497 e. The Kier molecular flexibility index (Phi) is 16.0. The monoisotopic (exact) mass is 741 g/mol. The molecule has 0 fully saturated rings. The van der Waals surface area contributed by atoms with Crippen molar-refractivity contribution in [2.24, 2.45) is 0 Å². The fourth-order valence-corrected chi connectivity index (χ4v) is 5.51. The molecule has 0 atom stereocenters. The lowest BCUT2D eigenvalue weighted by molar-refractivity contribution is -0.150. The van der Waals surface area contributed by atoms with E-state index in [1.807, 2.05) is 72.8 Å². The summed E-state index contributed by atoms with van der Waals surface area (Å²) in [5.74, 6) is -1.14. The number of aromatic nitrogens is 3. The van der Waals surface area contributed by atoms with Crippen LogP contribution in [0.1, 0.15) is 39.1 Å². The first-order valence-electron chi connectivity index (χ1n) is 17.8. The highest BCUT2D eigenvalue weighted by Crippen LogP contribution is 2.30. The van der Waals surface area contributed by atoms with Crippen LogP contribution < -0.4 is 4.74 Å². The summed E-state index contributed by atoms with van der Waals surface area (Å²) in [5.41, 5.74) is 5.17. The first-order chi connectivity index (χ1) is 26.1. The summed E-state index contributed by atoms with van der Waals surface area (Å²) in [5, 5.41) is 0. The van der Waals surface area contributed by atoms with Gasteiger partial charge in [-0.3, -0.25) is 29.0 Å². The number of carbonyl (C=O) groups is 4. The van der Waals surface area contributed by atoms with Gasteiger partial charge in [-0.25, -0.2) is 15.0 Å². The zero-order chi connectivity index (χ0) is 38.9. The van der Waals surface area contributed by atoms with Crippen LogP contribution in [0.5, 0.6) is 5.75 Å². The molecule has 0 amide bonds. The second-order valence-electron chi connectivity index (χ2n) is 11.9. The first kappa shape index (κ1) is 41.0. The van der Waals surface area contributed by atoms with Crippen molar-refractivity contribution < 1.29 is 42.9 Å². The Balaban J connectivity index is 1.72. The first-order valence-corrected chi connectivity index (χ1v) is 17.8. The third-order valence-corrected chi connectivity index (χ3v) is 7.79. The predicted octanol–water partition coefficient (Wildman–Crippen LogP) is 4.74. The van der Waals surface area contributed by atoms with Crippen LogP contribution in [0, 0.1) is 0 Å². The molecule has 0 bridgehead atoms. The molecule has 0 aliphatic carbocycles. The summed E-state index contributed by atoms with van der Waals surface area (Å²) in [6.07, 6.45) is 0. The van der Waals surface area contributed by atoms with Crippen LogP contribution in [-0.4, -0.2) is 108 Å². The van der Waals surface area contributed by atoms with Crippen molar-refractivity contribution in [3.05, 3.63) is 84.2 Å². The second-order valence-corrected chi connectivity index (χ2v) is 11.9. The third kappa shape index (κ3) is 12.7. The van der Waals surface area contributed by atoms with Crippen LogP contribution in [0.2, 0.25) is 0 Å². The molecule has 286 valence electrons. The summed E-state index contributed by atoms with van der Waals surface area (Å²) >= 11 is 0. The molecule has 0 aliphatic rings. The lowest BCUT2D eigenvalue weighted by Crippen LogP contribution is -2.36. The zero-order valence-electron chi connectivity index (χ0n) is 31.4. The van der Waals surface area contributed by atoms with Gasteiger partial charge in [0.05, 0.1) is 93.9 Å². The van der Waals surface area contributed by atoms with Gasteiger partial charge in [0.15, 0.2) is 0 Å². The molecule has 14 nitrogen and oxygen atoms in total. The second kappa shape index (κ2) is 21.1. The maximum atomic E-state index is 12.4. The summed E-state index contributed by atoms with van der Waals surface area (Å²) < 4.78 is 25.9. The molecule has 0 saturated carbocycles. The minimum absolute atomic E-state index is 0.118. The Morgan fingerprint density at radius 2 is 0.889 bits per heavy atom. The molecule has 0 N–H and O–H groups in total. The van der Waals surface area contributed by atoms with Crippen molar-refractivity contribution in [2.75, 3.05) is 59.7 Å². The quantitative estimate of drug-likeness (QED) is 0.0903. The smallest absolute Gasteiger partial charge is 0.320 e. The predicted molar refractivity (Wildman–Crippen MR) is 200 cm³/mol. The highest BCUT2D eigenvalue weighted by molar-refractivity contribution is 5.77. The van der Waals surface area contributed by atoms with Gasteiger partial charge < -0.3 is 23.7 Å². The molecule has 1 aromatic carbocycles. The number of pyridine rings is 3. The SMILES string of the molecule is CCOC(=O)CN(CC(=O)OCC)Cc1cccc(-c2cc(-c3ccc(OC)cc3)cc(-c3cccc(CN(CC(=O)OCC)CC(=O)OCC)n3)n2)n1. The number of hydrogen-bond donors (Lipinski definition) is 0. The summed E-state index contributed by atoms with van der Waals surface area (Å²) in [6, 6.07) is 22.5. The molecule has 3 aromatic heterocycles. The van der Waals surface area contributed by atoms with Gasteiger partial charge in [0.2, 0.25) is 0 Å². The normalized spacial score (nSPS) is 10.9. The fourth-order valence-electron chi connectivity index (χ4n) is 5.51. The van der Waals surface area contributed by atoms with E-state index in [9.17, 15) is 19.2 Å². The summed E-state index contributed by atoms with van der Waals surface area (Å²) in [7, 11) is 1.61. The molecule has 0 saturated heterocycles. The van der Waals surface area contributed by atoms with Gasteiger partial charge in [0.1, 0.15) is 5.75 Å². The molecule has 0 radical (unpaired) electrons. The van der Waals surface area contributed by atoms with Crippen molar-refractivity contribution in [1.29, 1.82) is 0 Å². The maximum absolute atomic E-state index is 12.4. The van der Waals surface area contributed by atoms with Crippen LogP contribution in [0.3, 0.4) is 0 Å². The van der Waals surface area contributed by atoms with Crippen molar-refractivity contribution >= 4 is 23.9 Å². The number of carbonyl (C=O) groups excluding carboxylic acids is 4. The van der Waals surface area contributed by atoms with Crippen molar-refractivity contribution in [2.45, 2.75) is 40.8 Å². The topological polar surface area (TPSA) is 160 Å². The molecule has 0 unspecified atom stereocenters. The number of benzene rings is 1. The Morgan fingerprint density at radius 3 is 1.24 bits per heavy atom. The lowest BCUT2D eigenvalue weighted by Gasteiger charge is -2.20. The van der Waals surface area contributed by atoms with E-state index in [0.29, 0.717) is 39.9 Å². The van der Waals surface area contributed by atoms with Crippen LogP contribution in [0.25, 0.3) is 33.9 Å². The fraction of sp³-hybridized carbons (Fsp3) is 0.375. The molecule has 54 heavy (non-hydrogen) atoms. The third-order valence-electron chi connectivity index (χ3n) is 7.79. The number of rotatable bonds is 20. The average Bonchev–Trinajstić information content (AvgIpc) is 3.15. The van der Waals surface area contributed by atoms with Crippen molar-refractivity contribution in [1.82, 2.24) is 24.8 Å². The number of methoxy groups -OCH3 is 1. The number of hydrogen-bond acceptors (Lipinski definition) is 14. The van der Waals surface area contributed by atoms with E-state index in [0.717, 1.165) is 11.1 Å². The Labute approximate surface area is 315 Å². The Bertz CT molecular complexity index is 1720. The van der Waals surface area contributed by atoms with Crippen LogP contribution in [-0.2, 0) is 51.2 Å². The van der Waals surface area contributed by atoms with Crippen LogP contribution >= 0.6 is 0 Å². The van der Waals surface area contributed by atoms with Crippen molar-refractivity contribution in [3.8, 4) is 39.7 Å². The number of esters is 4. The molecular weight excluding hydrogens is 694 g/mol. The van der Waals surface area contributed by atoms with E-state index < -0.39 is 23.9 Å². The van der Waals surface area contributed by atoms with E-state index in [2.05, 4.69) is 0 Å². The maximum Gasteiger partial charge on any atom is 0.320 e. The lowest BCUT2D eigenvalue weighted by atomic mass is 10.0. The molecule has 3 heterocycles. The van der Waals surface area contributed by atoms with E-state index in [1.165, 1.54) is 0 Å². The van der Waals surface area contributed by atoms with E-state index in [1.54, 1.807) is 44.6 Å². The van der Waals surface area contributed by atoms with Crippen molar-refractivity contribution in [3.63, 3.8) is 0 Å². The average molecular weight is 742 g/mol. The van der Waals surface area contributed by atoms with E-state index in [-0.39, 0.29) is 65.7 Å². The molecular formula is C40H47N5O9. The van der Waals surface area contributed by atoms with Gasteiger partial charge in [-0.15, -0.1) is 0 Å². The Morgan fingerprint density at radius 1 is 0.500 bits per heavy atom. The molecule has 4 aromatic rings. The highest BCUT2D eigenvalue weighted by atomic mass is 16.5. The minimum Gasteiger partial charge on any atom is -0.497 e. The molecule has 14 heteroatoms. The van der Waals surface area contributed by atoms with Gasteiger partial charge in [0.25, 0.3) is 0 Å². The van der Waals surface area contributed by atoms with Gasteiger partial charge >= 0.3 is 23.9 Å². The van der Waals surface area contributed by atoms with E-state index >= 15 is 0 Å². The summed E-state index contributed by atoms with van der Waals surface area (Å²) in [4.78, 5) is 67.5. The number of ether oxygens (including phenoxy) is 5. The van der Waals surface area contributed by atoms with E-state index in [4.69, 9.17) is 38.6 Å². The highest BCUT2D eigenvalue weighted by Gasteiger charge is 2.20. The van der Waals surface area contributed by atoms with Gasteiger partial charge in [-0.05, 0) is 87.4 Å². The molecule has 4 rings (SSSR count). The minimum atomic E-state index is -0.462. The molecule has 0 spiro atoms. The number of nitrogens with zero attached hydrogens (tertiary/aromatic N) is 5. The van der Waals surface area contributed by atoms with Gasteiger partial charge in [-0.1, -0.05) is 24.3 Å². The van der Waals surface area contributed by atoms with Gasteiger partial charge in [-0.2, -0.15) is 0 Å².